The van der Waals surface area contributed by atoms with E-state index in [2.05, 4.69) is 10.0 Å². The lowest BCUT2D eigenvalue weighted by molar-refractivity contribution is 0.0993. The number of amides is 1. The smallest absolute Gasteiger partial charge is 0.291 e. The van der Waals surface area contributed by atoms with Gasteiger partial charge in [-0.3, -0.25) is 9.52 Å². The molecule has 1 aromatic heterocycles. The number of hydrogen-bond acceptors (Lipinski definition) is 5. The van der Waals surface area contributed by atoms with Crippen LogP contribution in [0.2, 0.25) is 5.02 Å². The van der Waals surface area contributed by atoms with E-state index in [1.54, 1.807) is 36.4 Å². The summed E-state index contributed by atoms with van der Waals surface area (Å²) in [7, 11) is -3.92. The fourth-order valence-electron chi connectivity index (χ4n) is 3.00. The van der Waals surface area contributed by atoms with Gasteiger partial charge in [0.2, 0.25) is 0 Å². The van der Waals surface area contributed by atoms with Crippen molar-refractivity contribution in [2.24, 2.45) is 0 Å². The number of anilines is 2. The van der Waals surface area contributed by atoms with Gasteiger partial charge in [0.1, 0.15) is 12.4 Å². The van der Waals surface area contributed by atoms with Gasteiger partial charge in [0.25, 0.3) is 15.9 Å². The van der Waals surface area contributed by atoms with E-state index in [-0.39, 0.29) is 33.7 Å². The highest BCUT2D eigenvalue weighted by Crippen LogP contribution is 2.25. The van der Waals surface area contributed by atoms with Crippen molar-refractivity contribution in [2.75, 3.05) is 10.0 Å². The summed E-state index contributed by atoms with van der Waals surface area (Å²) in [6, 6.07) is 23.2. The van der Waals surface area contributed by atoms with Crippen LogP contribution in [0.25, 0.3) is 0 Å². The third kappa shape index (κ3) is 5.54. The molecule has 0 saturated heterocycles. The zero-order chi connectivity index (χ0) is 23.3. The number of benzene rings is 3. The number of ether oxygens (including phenoxy) is 1. The minimum Gasteiger partial charge on any atom is -0.489 e. The van der Waals surface area contributed by atoms with E-state index in [1.807, 2.05) is 30.3 Å². The number of halogens is 1. The number of para-hydroxylation sites is 2. The number of nitrogens with one attached hydrogen (secondary N) is 2. The molecule has 4 aromatic rings. The molecule has 0 spiro atoms. The number of furan rings is 1. The highest BCUT2D eigenvalue weighted by molar-refractivity contribution is 7.92. The van der Waals surface area contributed by atoms with Gasteiger partial charge in [-0.15, -0.1) is 0 Å². The average Bonchev–Trinajstić information content (AvgIpc) is 3.29. The Hall–Kier alpha value is -3.75. The Labute approximate surface area is 196 Å². The first-order valence-electron chi connectivity index (χ1n) is 9.85. The summed E-state index contributed by atoms with van der Waals surface area (Å²) >= 11 is 6.05. The quantitative estimate of drug-likeness (QED) is 0.342. The van der Waals surface area contributed by atoms with E-state index >= 15 is 0 Å². The fourth-order valence-corrected chi connectivity index (χ4v) is 4.37. The standard InChI is InChI=1S/C24H19ClN2O5S/c25-21-11-4-5-12-22(21)27-33(29,30)20-10-6-7-18(15-20)26-24(28)23-17(13-14-31-23)16-32-19-8-2-1-3-9-19/h1-15,27H,16H2,(H,26,28). The van der Waals surface area contributed by atoms with Crippen LogP contribution in [0.4, 0.5) is 11.4 Å². The number of hydrogen-bond donors (Lipinski definition) is 2. The normalized spacial score (nSPS) is 11.1. The third-order valence-electron chi connectivity index (χ3n) is 4.61. The zero-order valence-corrected chi connectivity index (χ0v) is 18.8. The first-order chi connectivity index (χ1) is 15.9. The Morgan fingerprint density at radius 1 is 0.939 bits per heavy atom. The summed E-state index contributed by atoms with van der Waals surface area (Å²) in [6.07, 6.45) is 1.40. The predicted octanol–water partition coefficient (Wildman–Crippen LogP) is 5.57. The SMILES string of the molecule is O=C(Nc1cccc(S(=O)(=O)Nc2ccccc2Cl)c1)c1occc1COc1ccccc1. The van der Waals surface area contributed by atoms with E-state index in [4.69, 9.17) is 20.8 Å². The van der Waals surface area contributed by atoms with E-state index in [0.29, 0.717) is 11.3 Å². The molecule has 9 heteroatoms. The maximum absolute atomic E-state index is 12.8. The van der Waals surface area contributed by atoms with Gasteiger partial charge in [0.15, 0.2) is 5.76 Å². The van der Waals surface area contributed by atoms with E-state index in [9.17, 15) is 13.2 Å². The molecule has 0 saturated carbocycles. The second-order valence-electron chi connectivity index (χ2n) is 6.94. The molecule has 2 N–H and O–H groups in total. The minimum atomic E-state index is -3.92. The van der Waals surface area contributed by atoms with Gasteiger partial charge in [-0.2, -0.15) is 0 Å². The van der Waals surface area contributed by atoms with Crippen LogP contribution in [-0.2, 0) is 16.6 Å². The molecular formula is C24H19ClN2O5S. The third-order valence-corrected chi connectivity index (χ3v) is 6.30. The second-order valence-corrected chi connectivity index (χ2v) is 9.03. The Morgan fingerprint density at radius 2 is 1.70 bits per heavy atom. The van der Waals surface area contributed by atoms with Crippen molar-refractivity contribution in [3.05, 3.63) is 108 Å². The van der Waals surface area contributed by atoms with Gasteiger partial charge in [0, 0.05) is 11.3 Å². The Bertz CT molecular complexity index is 1370. The summed E-state index contributed by atoms with van der Waals surface area (Å²) < 4.78 is 39.0. The van der Waals surface area contributed by atoms with Crippen LogP contribution in [0.15, 0.2) is 101 Å². The van der Waals surface area contributed by atoms with Crippen LogP contribution in [0.3, 0.4) is 0 Å². The zero-order valence-electron chi connectivity index (χ0n) is 17.2. The number of sulfonamides is 1. The molecule has 0 fully saturated rings. The fraction of sp³-hybridized carbons (Fsp3) is 0.0417. The van der Waals surface area contributed by atoms with Crippen LogP contribution < -0.4 is 14.8 Å². The molecule has 0 bridgehead atoms. The van der Waals surface area contributed by atoms with Crippen molar-refractivity contribution in [3.8, 4) is 5.75 Å². The Morgan fingerprint density at radius 3 is 2.48 bits per heavy atom. The molecule has 168 valence electrons. The maximum Gasteiger partial charge on any atom is 0.291 e. The van der Waals surface area contributed by atoms with Crippen LogP contribution in [-0.4, -0.2) is 14.3 Å². The van der Waals surface area contributed by atoms with E-state index in [0.717, 1.165) is 0 Å². The van der Waals surface area contributed by atoms with Crippen molar-refractivity contribution in [1.82, 2.24) is 0 Å². The van der Waals surface area contributed by atoms with Gasteiger partial charge < -0.3 is 14.5 Å². The molecule has 0 radical (unpaired) electrons. The summed E-state index contributed by atoms with van der Waals surface area (Å²) in [5.74, 6) is 0.211. The van der Waals surface area contributed by atoms with Gasteiger partial charge in [-0.1, -0.05) is 48.0 Å². The summed E-state index contributed by atoms with van der Waals surface area (Å²) in [6.45, 7) is 0.138. The average molecular weight is 483 g/mol. The topological polar surface area (TPSA) is 97.6 Å². The van der Waals surface area contributed by atoms with Crippen molar-refractivity contribution in [2.45, 2.75) is 11.5 Å². The van der Waals surface area contributed by atoms with Crippen LogP contribution in [0, 0.1) is 0 Å². The predicted molar refractivity (Wildman–Crippen MR) is 126 cm³/mol. The Balaban J connectivity index is 1.47. The highest BCUT2D eigenvalue weighted by Gasteiger charge is 2.19. The molecule has 0 unspecified atom stereocenters. The number of carbonyl (C=O) groups is 1. The summed E-state index contributed by atoms with van der Waals surface area (Å²) in [4.78, 5) is 12.7. The maximum atomic E-state index is 12.8. The molecule has 1 amide bonds. The van der Waals surface area contributed by atoms with E-state index in [1.165, 1.54) is 24.5 Å². The van der Waals surface area contributed by atoms with Crippen molar-refractivity contribution < 1.29 is 22.4 Å². The molecule has 0 atom stereocenters. The molecule has 4 rings (SSSR count). The van der Waals surface area contributed by atoms with E-state index < -0.39 is 15.9 Å². The van der Waals surface area contributed by atoms with Gasteiger partial charge >= 0.3 is 0 Å². The molecular weight excluding hydrogens is 464 g/mol. The van der Waals surface area contributed by atoms with Crippen molar-refractivity contribution in [3.63, 3.8) is 0 Å². The molecule has 33 heavy (non-hydrogen) atoms. The van der Waals surface area contributed by atoms with Crippen LogP contribution >= 0.6 is 11.6 Å². The summed E-state index contributed by atoms with van der Waals surface area (Å²) in [5, 5.41) is 2.94. The number of carbonyl (C=O) groups excluding carboxylic acids is 1. The van der Waals surface area contributed by atoms with Crippen molar-refractivity contribution >= 4 is 38.9 Å². The minimum absolute atomic E-state index is 0.0349. The van der Waals surface area contributed by atoms with Gasteiger partial charge in [-0.25, -0.2) is 8.42 Å². The number of rotatable bonds is 8. The molecule has 0 aliphatic carbocycles. The first-order valence-corrected chi connectivity index (χ1v) is 11.7. The monoisotopic (exact) mass is 482 g/mol. The molecule has 1 heterocycles. The first kappa shape index (κ1) is 22.4. The molecule has 0 aliphatic heterocycles. The molecule has 7 nitrogen and oxygen atoms in total. The summed E-state index contributed by atoms with van der Waals surface area (Å²) in [5.41, 5.74) is 1.10. The van der Waals surface area contributed by atoms with Gasteiger partial charge in [0.05, 0.1) is 21.9 Å². The van der Waals surface area contributed by atoms with Crippen LogP contribution in [0.1, 0.15) is 16.1 Å². The molecule has 3 aromatic carbocycles. The second kappa shape index (κ2) is 9.81. The Kier molecular flexibility index (Phi) is 6.67. The molecule has 0 aliphatic rings. The largest absolute Gasteiger partial charge is 0.489 e. The van der Waals surface area contributed by atoms with Crippen molar-refractivity contribution in [1.29, 1.82) is 0 Å². The lowest BCUT2D eigenvalue weighted by atomic mass is 10.2. The highest BCUT2D eigenvalue weighted by atomic mass is 35.5. The lowest BCUT2D eigenvalue weighted by Crippen LogP contribution is -2.16. The van der Waals surface area contributed by atoms with Crippen LogP contribution in [0.5, 0.6) is 5.75 Å². The lowest BCUT2D eigenvalue weighted by Gasteiger charge is -2.11. The van der Waals surface area contributed by atoms with Gasteiger partial charge in [-0.05, 0) is 48.5 Å².